The van der Waals surface area contributed by atoms with Crippen molar-refractivity contribution in [1.82, 2.24) is 14.7 Å². The van der Waals surface area contributed by atoms with E-state index in [0.717, 1.165) is 12.1 Å². The summed E-state index contributed by atoms with van der Waals surface area (Å²) in [5.41, 5.74) is 0.621. The summed E-state index contributed by atoms with van der Waals surface area (Å²) >= 11 is 0. The van der Waals surface area contributed by atoms with Gasteiger partial charge >= 0.3 is 0 Å². The molecule has 0 unspecified atom stereocenters. The largest absolute Gasteiger partial charge is 0.304 e. The summed E-state index contributed by atoms with van der Waals surface area (Å²) < 4.78 is 0. The fourth-order valence-electron chi connectivity index (χ4n) is 3.75. The summed E-state index contributed by atoms with van der Waals surface area (Å²) in [7, 11) is 4.39. The van der Waals surface area contributed by atoms with Gasteiger partial charge in [0.2, 0.25) is 0 Å². The van der Waals surface area contributed by atoms with Gasteiger partial charge in [0.25, 0.3) is 0 Å². The number of likely N-dealkylation sites (N-methyl/N-ethyl adjacent to an activating group) is 1. The smallest absolute Gasteiger partial charge is 0.0344 e. The van der Waals surface area contributed by atoms with E-state index in [1.54, 1.807) is 0 Å². The fraction of sp³-hybridized carbons (Fsp3) is 1.00. The van der Waals surface area contributed by atoms with Crippen LogP contribution >= 0.6 is 0 Å². The summed E-state index contributed by atoms with van der Waals surface area (Å²) in [5, 5.41) is 0. The van der Waals surface area contributed by atoms with Gasteiger partial charge in [-0.05, 0) is 55.1 Å². The zero-order chi connectivity index (χ0) is 13.7. The third kappa shape index (κ3) is 2.59. The van der Waals surface area contributed by atoms with Crippen LogP contribution in [0.2, 0.25) is 0 Å². The average molecular weight is 253 g/mol. The van der Waals surface area contributed by atoms with Crippen LogP contribution in [0.15, 0.2) is 0 Å². The summed E-state index contributed by atoms with van der Waals surface area (Å²) in [6.45, 7) is 15.6. The summed E-state index contributed by atoms with van der Waals surface area (Å²) in [5.74, 6) is 0. The van der Waals surface area contributed by atoms with Crippen LogP contribution in [0.1, 0.15) is 41.0 Å². The Morgan fingerprint density at radius 1 is 1.06 bits per heavy atom. The molecule has 3 nitrogen and oxygen atoms in total. The maximum absolute atomic E-state index is 2.69. The van der Waals surface area contributed by atoms with E-state index in [1.807, 2.05) is 0 Å². The highest BCUT2D eigenvalue weighted by Crippen LogP contribution is 2.38. The van der Waals surface area contributed by atoms with Gasteiger partial charge < -0.3 is 4.90 Å². The lowest BCUT2D eigenvalue weighted by Gasteiger charge is -2.46. The molecule has 0 aliphatic carbocycles. The predicted molar refractivity (Wildman–Crippen MR) is 78.0 cm³/mol. The molecule has 0 N–H and O–H groups in total. The summed E-state index contributed by atoms with van der Waals surface area (Å²) in [4.78, 5) is 7.73. The SMILES string of the molecule is CN(C)C1CN([C@H]2CN(C(C)(C)C)C(C)(C)C2)C1. The third-order valence-electron chi connectivity index (χ3n) is 4.81. The van der Waals surface area contributed by atoms with Crippen LogP contribution < -0.4 is 0 Å². The molecule has 0 aromatic heterocycles. The molecule has 0 radical (unpaired) electrons. The third-order valence-corrected chi connectivity index (χ3v) is 4.81. The van der Waals surface area contributed by atoms with Gasteiger partial charge in [-0.3, -0.25) is 9.80 Å². The van der Waals surface area contributed by atoms with Crippen molar-refractivity contribution >= 4 is 0 Å². The highest BCUT2D eigenvalue weighted by Gasteiger charge is 2.47. The minimum Gasteiger partial charge on any atom is -0.304 e. The Morgan fingerprint density at radius 2 is 1.61 bits per heavy atom. The van der Waals surface area contributed by atoms with Gasteiger partial charge in [-0.15, -0.1) is 0 Å². The highest BCUT2D eigenvalue weighted by molar-refractivity contribution is 5.04. The van der Waals surface area contributed by atoms with Crippen molar-refractivity contribution in [2.45, 2.75) is 64.2 Å². The lowest BCUT2D eigenvalue weighted by Crippen LogP contribution is -2.61. The molecule has 0 aromatic carbocycles. The minimum absolute atomic E-state index is 0.282. The van der Waals surface area contributed by atoms with Crippen molar-refractivity contribution < 1.29 is 0 Å². The van der Waals surface area contributed by atoms with E-state index in [-0.39, 0.29) is 5.54 Å². The predicted octanol–water partition coefficient (Wildman–Crippen LogP) is 1.88. The monoisotopic (exact) mass is 253 g/mol. The maximum Gasteiger partial charge on any atom is 0.0344 e. The maximum atomic E-state index is 2.69. The first-order valence-corrected chi connectivity index (χ1v) is 7.29. The number of hydrogen-bond donors (Lipinski definition) is 0. The second kappa shape index (κ2) is 4.46. The van der Waals surface area contributed by atoms with Crippen molar-refractivity contribution in [1.29, 1.82) is 0 Å². The van der Waals surface area contributed by atoms with Crippen molar-refractivity contribution in [2.24, 2.45) is 0 Å². The van der Waals surface area contributed by atoms with Crippen molar-refractivity contribution in [2.75, 3.05) is 33.7 Å². The molecule has 106 valence electrons. The lowest BCUT2D eigenvalue weighted by molar-refractivity contribution is 0.0247. The first kappa shape index (κ1) is 14.3. The molecule has 0 aromatic rings. The van der Waals surface area contributed by atoms with E-state index in [1.165, 1.54) is 26.1 Å². The Hall–Kier alpha value is -0.120. The van der Waals surface area contributed by atoms with Gasteiger partial charge in [0.15, 0.2) is 0 Å². The lowest BCUT2D eigenvalue weighted by atomic mass is 9.94. The number of hydrogen-bond acceptors (Lipinski definition) is 3. The van der Waals surface area contributed by atoms with Crippen LogP contribution in [0, 0.1) is 0 Å². The Balaban J connectivity index is 1.95. The Labute approximate surface area is 113 Å². The molecule has 2 rings (SSSR count). The second-order valence-corrected chi connectivity index (χ2v) is 8.02. The summed E-state index contributed by atoms with van der Waals surface area (Å²) in [6.07, 6.45) is 1.31. The molecular formula is C15H31N3. The molecular weight excluding hydrogens is 222 g/mol. The van der Waals surface area contributed by atoms with Crippen LogP contribution in [0.4, 0.5) is 0 Å². The molecule has 0 spiro atoms. The molecule has 2 saturated heterocycles. The van der Waals surface area contributed by atoms with E-state index >= 15 is 0 Å². The first-order chi connectivity index (χ1) is 8.11. The first-order valence-electron chi connectivity index (χ1n) is 7.29. The highest BCUT2D eigenvalue weighted by atomic mass is 15.4. The van der Waals surface area contributed by atoms with Crippen molar-refractivity contribution in [3.63, 3.8) is 0 Å². The van der Waals surface area contributed by atoms with E-state index in [4.69, 9.17) is 0 Å². The van der Waals surface area contributed by atoms with Crippen LogP contribution in [-0.2, 0) is 0 Å². The fourth-order valence-corrected chi connectivity index (χ4v) is 3.75. The minimum atomic E-state index is 0.282. The van der Waals surface area contributed by atoms with Crippen LogP contribution in [-0.4, -0.2) is 71.6 Å². The zero-order valence-electron chi connectivity index (χ0n) is 13.3. The standard InChI is InChI=1S/C15H31N3/c1-14(2,3)18-11-12(8-15(18,4)5)17-9-13(10-17)16(6)7/h12-13H,8-11H2,1-7H3/t12-/m1/s1. The van der Waals surface area contributed by atoms with Gasteiger partial charge in [-0.2, -0.15) is 0 Å². The number of likely N-dealkylation sites (tertiary alicyclic amines) is 2. The van der Waals surface area contributed by atoms with E-state index < -0.39 is 0 Å². The molecule has 0 bridgehead atoms. The van der Waals surface area contributed by atoms with Gasteiger partial charge in [0, 0.05) is 42.8 Å². The quantitative estimate of drug-likeness (QED) is 0.744. The molecule has 3 heteroatoms. The van der Waals surface area contributed by atoms with Gasteiger partial charge in [0.05, 0.1) is 0 Å². The van der Waals surface area contributed by atoms with Crippen molar-refractivity contribution in [3.8, 4) is 0 Å². The van der Waals surface area contributed by atoms with Gasteiger partial charge in [0.1, 0.15) is 0 Å². The van der Waals surface area contributed by atoms with Crippen molar-refractivity contribution in [3.05, 3.63) is 0 Å². The van der Waals surface area contributed by atoms with Crippen LogP contribution in [0.3, 0.4) is 0 Å². The Morgan fingerprint density at radius 3 is 2.00 bits per heavy atom. The molecule has 1 atom stereocenters. The van der Waals surface area contributed by atoms with Gasteiger partial charge in [-0.25, -0.2) is 0 Å². The summed E-state index contributed by atoms with van der Waals surface area (Å²) in [6, 6.07) is 1.53. The topological polar surface area (TPSA) is 9.72 Å². The Kier molecular flexibility index (Phi) is 3.54. The van der Waals surface area contributed by atoms with E-state index in [2.05, 4.69) is 63.4 Å². The van der Waals surface area contributed by atoms with Gasteiger partial charge in [-0.1, -0.05) is 0 Å². The van der Waals surface area contributed by atoms with E-state index in [9.17, 15) is 0 Å². The second-order valence-electron chi connectivity index (χ2n) is 8.02. The van der Waals surface area contributed by atoms with Crippen LogP contribution in [0.25, 0.3) is 0 Å². The zero-order valence-corrected chi connectivity index (χ0v) is 13.3. The number of rotatable bonds is 2. The molecule has 2 aliphatic heterocycles. The molecule has 18 heavy (non-hydrogen) atoms. The molecule has 2 aliphatic rings. The molecule has 0 amide bonds. The molecule has 2 heterocycles. The average Bonchev–Trinajstić information content (AvgIpc) is 2.36. The molecule has 2 fully saturated rings. The normalized spacial score (nSPS) is 31.0. The van der Waals surface area contributed by atoms with Crippen LogP contribution in [0.5, 0.6) is 0 Å². The number of nitrogens with zero attached hydrogens (tertiary/aromatic N) is 3. The van der Waals surface area contributed by atoms with E-state index in [0.29, 0.717) is 5.54 Å². The molecule has 0 saturated carbocycles. The Bertz CT molecular complexity index is 297.